The Balaban J connectivity index is 1.89. The Morgan fingerprint density at radius 1 is 1.00 bits per heavy atom. The van der Waals surface area contributed by atoms with E-state index in [1.165, 1.54) is 0 Å². The molecule has 0 saturated heterocycles. The molecule has 0 spiro atoms. The number of amides is 2. The van der Waals surface area contributed by atoms with E-state index in [4.69, 9.17) is 0 Å². The zero-order chi connectivity index (χ0) is 19.2. The number of benzene rings is 2. The fourth-order valence-electron chi connectivity index (χ4n) is 2.96. The van der Waals surface area contributed by atoms with Crippen LogP contribution in [0.4, 0.5) is 4.79 Å². The van der Waals surface area contributed by atoms with Gasteiger partial charge in [-0.1, -0.05) is 63.2 Å². The SMILES string of the molecule is CC(CCc1ccc(O)cc1)NC(=O)NC(c1ccccc1)C(C)(C)C. The highest BCUT2D eigenvalue weighted by molar-refractivity contribution is 5.74. The van der Waals surface area contributed by atoms with Crippen LogP contribution in [0.1, 0.15) is 51.3 Å². The lowest BCUT2D eigenvalue weighted by atomic mass is 9.82. The highest BCUT2D eigenvalue weighted by atomic mass is 16.3. The molecule has 0 saturated carbocycles. The minimum atomic E-state index is -0.146. The van der Waals surface area contributed by atoms with Crippen LogP contribution in [-0.2, 0) is 6.42 Å². The van der Waals surface area contributed by atoms with Crippen LogP contribution in [0.2, 0.25) is 0 Å². The minimum absolute atomic E-state index is 0.0557. The lowest BCUT2D eigenvalue weighted by molar-refractivity contribution is 0.215. The molecule has 2 rings (SSSR count). The van der Waals surface area contributed by atoms with Crippen molar-refractivity contribution in [2.75, 3.05) is 0 Å². The molecule has 0 heterocycles. The summed E-state index contributed by atoms with van der Waals surface area (Å²) in [5, 5.41) is 15.5. The number of hydrogen-bond donors (Lipinski definition) is 3. The highest BCUT2D eigenvalue weighted by Crippen LogP contribution is 2.32. The highest BCUT2D eigenvalue weighted by Gasteiger charge is 2.27. The van der Waals surface area contributed by atoms with Crippen molar-refractivity contribution in [3.8, 4) is 5.75 Å². The number of carbonyl (C=O) groups excluding carboxylic acids is 1. The standard InChI is InChI=1S/C22H30N2O2/c1-16(10-11-17-12-14-19(25)15-13-17)23-21(26)24-20(22(2,3)4)18-8-6-5-7-9-18/h5-9,12-16,20,25H,10-11H2,1-4H3,(H2,23,24,26). The summed E-state index contributed by atoms with van der Waals surface area (Å²) < 4.78 is 0. The number of urea groups is 1. The Bertz CT molecular complexity index is 690. The molecule has 0 aliphatic heterocycles. The topological polar surface area (TPSA) is 61.4 Å². The van der Waals surface area contributed by atoms with Crippen molar-refractivity contribution in [2.24, 2.45) is 5.41 Å². The molecule has 26 heavy (non-hydrogen) atoms. The number of phenolic OH excluding ortho intramolecular Hbond substituents is 1. The quantitative estimate of drug-likeness (QED) is 0.698. The fourth-order valence-corrected chi connectivity index (χ4v) is 2.96. The lowest BCUT2D eigenvalue weighted by Gasteiger charge is -2.32. The van der Waals surface area contributed by atoms with Crippen LogP contribution in [-0.4, -0.2) is 17.2 Å². The predicted octanol–water partition coefficient (Wildman–Crippen LogP) is 4.80. The number of aryl methyl sites for hydroxylation is 1. The van der Waals surface area contributed by atoms with Crippen molar-refractivity contribution in [3.63, 3.8) is 0 Å². The molecule has 2 atom stereocenters. The van der Waals surface area contributed by atoms with Crippen molar-refractivity contribution >= 4 is 6.03 Å². The molecule has 0 fully saturated rings. The maximum Gasteiger partial charge on any atom is 0.315 e. The maximum absolute atomic E-state index is 12.5. The van der Waals surface area contributed by atoms with Crippen molar-refractivity contribution in [3.05, 3.63) is 65.7 Å². The average molecular weight is 354 g/mol. The Morgan fingerprint density at radius 2 is 1.62 bits per heavy atom. The number of carbonyl (C=O) groups is 1. The first-order valence-corrected chi connectivity index (χ1v) is 9.15. The summed E-state index contributed by atoms with van der Waals surface area (Å²) in [6.07, 6.45) is 1.69. The third-order valence-corrected chi connectivity index (χ3v) is 4.45. The maximum atomic E-state index is 12.5. The van der Waals surface area contributed by atoms with Crippen molar-refractivity contribution in [1.82, 2.24) is 10.6 Å². The van der Waals surface area contributed by atoms with E-state index in [1.54, 1.807) is 12.1 Å². The Morgan fingerprint density at radius 3 is 2.19 bits per heavy atom. The van der Waals surface area contributed by atoms with Gasteiger partial charge in [-0.2, -0.15) is 0 Å². The molecule has 0 aromatic heterocycles. The average Bonchev–Trinajstić information content (AvgIpc) is 2.59. The molecular formula is C22H30N2O2. The molecule has 140 valence electrons. The largest absolute Gasteiger partial charge is 0.508 e. The summed E-state index contributed by atoms with van der Waals surface area (Å²) in [6.45, 7) is 8.38. The summed E-state index contributed by atoms with van der Waals surface area (Å²) in [6, 6.07) is 17.1. The van der Waals surface area contributed by atoms with Crippen molar-refractivity contribution in [1.29, 1.82) is 0 Å². The zero-order valence-corrected chi connectivity index (χ0v) is 16.1. The van der Waals surface area contributed by atoms with Crippen molar-refractivity contribution in [2.45, 2.75) is 52.6 Å². The van der Waals surface area contributed by atoms with Gasteiger partial charge in [0.2, 0.25) is 0 Å². The molecule has 2 unspecified atom stereocenters. The van der Waals surface area contributed by atoms with Crippen molar-refractivity contribution < 1.29 is 9.90 Å². The predicted molar refractivity (Wildman–Crippen MR) is 106 cm³/mol. The number of rotatable bonds is 6. The number of hydrogen-bond acceptors (Lipinski definition) is 2. The van der Waals surface area contributed by atoms with E-state index in [1.807, 2.05) is 49.4 Å². The van der Waals surface area contributed by atoms with Gasteiger partial charge in [0.05, 0.1) is 6.04 Å². The van der Waals surface area contributed by atoms with Gasteiger partial charge in [-0.25, -0.2) is 4.79 Å². The smallest absolute Gasteiger partial charge is 0.315 e. The molecule has 4 heteroatoms. The lowest BCUT2D eigenvalue weighted by Crippen LogP contribution is -2.45. The zero-order valence-electron chi connectivity index (χ0n) is 16.1. The van der Waals surface area contributed by atoms with Gasteiger partial charge >= 0.3 is 6.03 Å². The molecule has 4 nitrogen and oxygen atoms in total. The van der Waals surface area contributed by atoms with Gasteiger partial charge < -0.3 is 15.7 Å². The van der Waals surface area contributed by atoms with Crippen LogP contribution < -0.4 is 10.6 Å². The Kier molecular flexibility index (Phi) is 6.67. The molecule has 2 aromatic carbocycles. The van der Waals surface area contributed by atoms with Gasteiger partial charge in [0.1, 0.15) is 5.75 Å². The van der Waals surface area contributed by atoms with Gasteiger partial charge in [0.25, 0.3) is 0 Å². The normalized spacial score (nSPS) is 13.7. The molecule has 0 aliphatic carbocycles. The summed E-state index contributed by atoms with van der Waals surface area (Å²) in [5.74, 6) is 0.272. The van der Waals surface area contributed by atoms with E-state index in [-0.39, 0.29) is 29.3 Å². The third-order valence-electron chi connectivity index (χ3n) is 4.45. The van der Waals surface area contributed by atoms with Crippen LogP contribution in [0.15, 0.2) is 54.6 Å². The Hall–Kier alpha value is -2.49. The second kappa shape index (κ2) is 8.75. The van der Waals surface area contributed by atoms with Gasteiger partial charge in [-0.05, 0) is 48.4 Å². The number of aromatic hydroxyl groups is 1. The van der Waals surface area contributed by atoms with Crippen LogP contribution in [0.3, 0.4) is 0 Å². The molecular weight excluding hydrogens is 324 g/mol. The van der Waals surface area contributed by atoms with Crippen LogP contribution in [0.5, 0.6) is 5.75 Å². The first-order valence-electron chi connectivity index (χ1n) is 9.15. The summed E-state index contributed by atoms with van der Waals surface area (Å²) >= 11 is 0. The molecule has 2 amide bonds. The number of nitrogens with one attached hydrogen (secondary N) is 2. The van der Waals surface area contributed by atoms with Crippen LogP contribution >= 0.6 is 0 Å². The second-order valence-corrected chi connectivity index (χ2v) is 7.93. The van der Waals surface area contributed by atoms with Gasteiger partial charge in [-0.3, -0.25) is 0 Å². The molecule has 0 radical (unpaired) electrons. The summed E-state index contributed by atoms with van der Waals surface area (Å²) in [7, 11) is 0. The van der Waals surface area contributed by atoms with E-state index >= 15 is 0 Å². The van der Waals surface area contributed by atoms with E-state index < -0.39 is 0 Å². The monoisotopic (exact) mass is 354 g/mol. The first kappa shape index (κ1) is 19.8. The van der Waals surface area contributed by atoms with Gasteiger partial charge in [0.15, 0.2) is 0 Å². The summed E-state index contributed by atoms with van der Waals surface area (Å²) in [5.41, 5.74) is 2.16. The van der Waals surface area contributed by atoms with E-state index in [9.17, 15) is 9.90 Å². The van der Waals surface area contributed by atoms with E-state index in [0.717, 1.165) is 24.0 Å². The van der Waals surface area contributed by atoms with Crippen LogP contribution in [0, 0.1) is 5.41 Å². The Labute approximate surface area is 156 Å². The second-order valence-electron chi connectivity index (χ2n) is 7.93. The summed E-state index contributed by atoms with van der Waals surface area (Å²) in [4.78, 5) is 12.5. The number of phenols is 1. The molecule has 3 N–H and O–H groups in total. The van der Waals surface area contributed by atoms with Gasteiger partial charge in [-0.15, -0.1) is 0 Å². The van der Waals surface area contributed by atoms with E-state index in [0.29, 0.717) is 0 Å². The fraction of sp³-hybridized carbons (Fsp3) is 0.409. The third kappa shape index (κ3) is 6.10. The molecule has 0 bridgehead atoms. The van der Waals surface area contributed by atoms with Crippen LogP contribution in [0.25, 0.3) is 0 Å². The van der Waals surface area contributed by atoms with E-state index in [2.05, 4.69) is 31.4 Å². The van der Waals surface area contributed by atoms with Gasteiger partial charge in [0, 0.05) is 6.04 Å². The molecule has 2 aromatic rings. The molecule has 0 aliphatic rings. The minimum Gasteiger partial charge on any atom is -0.508 e. The first-order chi connectivity index (χ1) is 12.3.